The number of hydrogen-bond donors (Lipinski definition) is 0. The maximum atomic E-state index is 6.20. The Morgan fingerprint density at radius 1 is 0.773 bits per heavy atom. The van der Waals surface area contributed by atoms with Gasteiger partial charge in [-0.25, -0.2) is 0 Å². The van der Waals surface area contributed by atoms with Gasteiger partial charge in [0.15, 0.2) is 0 Å². The highest BCUT2D eigenvalue weighted by atomic mass is 16.7. The molecule has 0 spiro atoms. The van der Waals surface area contributed by atoms with Crippen LogP contribution in [-0.2, 0) is 9.31 Å². The summed E-state index contributed by atoms with van der Waals surface area (Å²) in [5, 5.41) is 0. The highest BCUT2D eigenvalue weighted by molar-refractivity contribution is 6.62. The van der Waals surface area contributed by atoms with Gasteiger partial charge < -0.3 is 9.31 Å². The third-order valence-corrected chi connectivity index (χ3v) is 4.97. The van der Waals surface area contributed by atoms with E-state index in [0.29, 0.717) is 0 Å². The van der Waals surface area contributed by atoms with Crippen molar-refractivity contribution < 1.29 is 9.31 Å². The third-order valence-electron chi connectivity index (χ3n) is 4.97. The van der Waals surface area contributed by atoms with E-state index >= 15 is 0 Å². The van der Waals surface area contributed by atoms with Gasteiger partial charge in [0.25, 0.3) is 0 Å². The van der Waals surface area contributed by atoms with Crippen molar-refractivity contribution >= 4 is 12.6 Å². The first-order chi connectivity index (χ1) is 10.3. The summed E-state index contributed by atoms with van der Waals surface area (Å²) in [6, 6.07) is 16.8. The molecule has 1 aliphatic heterocycles. The summed E-state index contributed by atoms with van der Waals surface area (Å²) in [6.45, 7) is 10.5. The van der Waals surface area contributed by atoms with Crippen LogP contribution in [0.5, 0.6) is 0 Å². The Kier molecular flexibility index (Phi) is 3.66. The zero-order chi connectivity index (χ0) is 16.0. The molecule has 1 aliphatic rings. The standard InChI is InChI=1S/C19H23BO2/c1-14-16(15-10-7-6-8-11-15)12-9-13-17(14)20-21-18(2,3)19(4,5)22-20/h6-13H,1-5H3. The summed E-state index contributed by atoms with van der Waals surface area (Å²) >= 11 is 0. The van der Waals surface area contributed by atoms with E-state index in [1.165, 1.54) is 16.7 Å². The summed E-state index contributed by atoms with van der Waals surface area (Å²) in [5.41, 5.74) is 4.15. The Morgan fingerprint density at radius 2 is 1.36 bits per heavy atom. The van der Waals surface area contributed by atoms with Gasteiger partial charge in [-0.2, -0.15) is 0 Å². The fourth-order valence-electron chi connectivity index (χ4n) is 2.81. The molecule has 2 aromatic rings. The van der Waals surface area contributed by atoms with E-state index in [1.807, 2.05) is 6.07 Å². The van der Waals surface area contributed by atoms with Gasteiger partial charge >= 0.3 is 7.12 Å². The molecule has 3 heteroatoms. The van der Waals surface area contributed by atoms with Gasteiger partial charge in [0.05, 0.1) is 11.2 Å². The quantitative estimate of drug-likeness (QED) is 0.780. The topological polar surface area (TPSA) is 18.5 Å². The van der Waals surface area contributed by atoms with E-state index in [9.17, 15) is 0 Å². The first-order valence-corrected chi connectivity index (χ1v) is 7.82. The Hall–Kier alpha value is -1.58. The maximum absolute atomic E-state index is 6.20. The van der Waals surface area contributed by atoms with E-state index in [1.54, 1.807) is 0 Å². The predicted octanol–water partition coefficient (Wildman–Crippen LogP) is 3.96. The second kappa shape index (κ2) is 5.25. The highest BCUT2D eigenvalue weighted by Gasteiger charge is 2.52. The van der Waals surface area contributed by atoms with E-state index in [-0.39, 0.29) is 18.3 Å². The molecule has 0 aliphatic carbocycles. The minimum atomic E-state index is -0.313. The van der Waals surface area contributed by atoms with E-state index < -0.39 is 0 Å². The van der Waals surface area contributed by atoms with Gasteiger partial charge in [-0.3, -0.25) is 0 Å². The molecule has 0 bridgehead atoms. The van der Waals surface area contributed by atoms with Gasteiger partial charge in [-0.1, -0.05) is 48.5 Å². The number of rotatable bonds is 2. The lowest BCUT2D eigenvalue weighted by Gasteiger charge is -2.32. The average Bonchev–Trinajstić information content (AvgIpc) is 2.68. The minimum absolute atomic E-state index is 0.311. The second-order valence-corrected chi connectivity index (χ2v) is 6.97. The lowest BCUT2D eigenvalue weighted by Crippen LogP contribution is -2.41. The first-order valence-electron chi connectivity index (χ1n) is 7.82. The van der Waals surface area contributed by atoms with E-state index in [2.05, 4.69) is 77.1 Å². The Morgan fingerprint density at radius 3 is 1.95 bits per heavy atom. The SMILES string of the molecule is Cc1c(B2OC(C)(C)C(C)(C)O2)cccc1-c1ccccc1. The molecule has 1 fully saturated rings. The fourth-order valence-corrected chi connectivity index (χ4v) is 2.81. The van der Waals surface area contributed by atoms with Crippen LogP contribution in [0.3, 0.4) is 0 Å². The average molecular weight is 294 g/mol. The normalized spacial score (nSPS) is 19.4. The summed E-state index contributed by atoms with van der Waals surface area (Å²) < 4.78 is 12.4. The predicted molar refractivity (Wildman–Crippen MR) is 92.3 cm³/mol. The molecule has 2 nitrogen and oxygen atoms in total. The molecule has 0 atom stereocenters. The van der Waals surface area contributed by atoms with Crippen molar-refractivity contribution in [2.45, 2.75) is 45.8 Å². The Balaban J connectivity index is 2.01. The number of benzene rings is 2. The summed E-state index contributed by atoms with van der Waals surface area (Å²) in [5.74, 6) is 0. The molecule has 1 saturated heterocycles. The molecular weight excluding hydrogens is 271 g/mol. The molecule has 0 unspecified atom stereocenters. The second-order valence-electron chi connectivity index (χ2n) is 6.97. The maximum Gasteiger partial charge on any atom is 0.495 e. The summed E-state index contributed by atoms with van der Waals surface area (Å²) in [4.78, 5) is 0. The van der Waals surface area contributed by atoms with Crippen LogP contribution in [0, 0.1) is 6.92 Å². The van der Waals surface area contributed by atoms with Crippen LogP contribution in [0.2, 0.25) is 0 Å². The van der Waals surface area contributed by atoms with Crippen LogP contribution in [0.15, 0.2) is 48.5 Å². The van der Waals surface area contributed by atoms with Crippen molar-refractivity contribution in [1.82, 2.24) is 0 Å². The van der Waals surface area contributed by atoms with Crippen molar-refractivity contribution in [3.05, 3.63) is 54.1 Å². The Bertz CT molecular complexity index is 661. The van der Waals surface area contributed by atoms with Crippen molar-refractivity contribution in [2.24, 2.45) is 0 Å². The lowest BCUT2D eigenvalue weighted by atomic mass is 9.74. The molecule has 0 aromatic heterocycles. The molecule has 114 valence electrons. The van der Waals surface area contributed by atoms with Gasteiger partial charge in [0.2, 0.25) is 0 Å². The van der Waals surface area contributed by atoms with Crippen LogP contribution in [0.25, 0.3) is 11.1 Å². The zero-order valence-corrected chi connectivity index (χ0v) is 14.0. The van der Waals surface area contributed by atoms with Crippen LogP contribution in [0.1, 0.15) is 33.3 Å². The van der Waals surface area contributed by atoms with Gasteiger partial charge in [0, 0.05) is 0 Å². The van der Waals surface area contributed by atoms with Crippen molar-refractivity contribution in [2.75, 3.05) is 0 Å². The van der Waals surface area contributed by atoms with Crippen molar-refractivity contribution in [3.8, 4) is 11.1 Å². The van der Waals surface area contributed by atoms with Gasteiger partial charge in [-0.15, -0.1) is 0 Å². The van der Waals surface area contributed by atoms with Gasteiger partial charge in [-0.05, 0) is 56.8 Å². The molecule has 22 heavy (non-hydrogen) atoms. The van der Waals surface area contributed by atoms with Gasteiger partial charge in [0.1, 0.15) is 0 Å². The Labute approximate surface area is 133 Å². The molecule has 2 aromatic carbocycles. The van der Waals surface area contributed by atoms with Crippen LogP contribution >= 0.6 is 0 Å². The fraction of sp³-hybridized carbons (Fsp3) is 0.368. The molecule has 3 rings (SSSR count). The number of hydrogen-bond acceptors (Lipinski definition) is 2. The first kappa shape index (κ1) is 15.3. The molecule has 1 heterocycles. The van der Waals surface area contributed by atoms with E-state index in [4.69, 9.17) is 9.31 Å². The highest BCUT2D eigenvalue weighted by Crippen LogP contribution is 2.37. The minimum Gasteiger partial charge on any atom is -0.399 e. The smallest absolute Gasteiger partial charge is 0.399 e. The monoisotopic (exact) mass is 294 g/mol. The summed E-state index contributed by atoms with van der Waals surface area (Å²) in [7, 11) is -0.311. The van der Waals surface area contributed by atoms with Crippen LogP contribution in [-0.4, -0.2) is 18.3 Å². The van der Waals surface area contributed by atoms with Crippen molar-refractivity contribution in [1.29, 1.82) is 0 Å². The lowest BCUT2D eigenvalue weighted by molar-refractivity contribution is 0.00578. The van der Waals surface area contributed by atoms with Crippen LogP contribution in [0.4, 0.5) is 0 Å². The molecule has 0 saturated carbocycles. The largest absolute Gasteiger partial charge is 0.495 e. The van der Waals surface area contributed by atoms with Crippen LogP contribution < -0.4 is 5.46 Å². The zero-order valence-electron chi connectivity index (χ0n) is 14.0. The molecule has 0 radical (unpaired) electrons. The summed E-state index contributed by atoms with van der Waals surface area (Å²) in [6.07, 6.45) is 0. The van der Waals surface area contributed by atoms with Crippen molar-refractivity contribution in [3.63, 3.8) is 0 Å². The molecule has 0 N–H and O–H groups in total. The van der Waals surface area contributed by atoms with E-state index in [0.717, 1.165) is 5.46 Å². The molecule has 0 amide bonds. The molecular formula is C19H23BO2. The third kappa shape index (κ3) is 2.49.